The van der Waals surface area contributed by atoms with Crippen molar-refractivity contribution in [3.8, 4) is 5.75 Å². The number of carbonyl (C=O) groups excluding carboxylic acids is 2. The molecule has 2 rings (SSSR count). The molecule has 0 aliphatic rings. The fourth-order valence-electron chi connectivity index (χ4n) is 1.83. The average molecular weight is 350 g/mol. The number of para-hydroxylation sites is 1. The minimum absolute atomic E-state index is 0.0687. The monoisotopic (exact) mass is 350 g/mol. The van der Waals surface area contributed by atoms with E-state index in [2.05, 4.69) is 5.32 Å². The zero-order valence-corrected chi connectivity index (χ0v) is 13.5. The summed E-state index contributed by atoms with van der Waals surface area (Å²) >= 11 is 0.694. The first-order chi connectivity index (χ1) is 11.5. The van der Waals surface area contributed by atoms with Crippen LogP contribution in [0.4, 0.5) is 5.00 Å². The summed E-state index contributed by atoms with van der Waals surface area (Å²) in [5.41, 5.74) is 0.786. The first-order valence-electron chi connectivity index (χ1n) is 6.81. The molecule has 9 heteroatoms. The van der Waals surface area contributed by atoms with Gasteiger partial charge in [-0.2, -0.15) is 0 Å². The van der Waals surface area contributed by atoms with Crippen molar-refractivity contribution in [2.45, 2.75) is 6.54 Å². The first-order valence-corrected chi connectivity index (χ1v) is 7.63. The van der Waals surface area contributed by atoms with Crippen molar-refractivity contribution >= 4 is 28.2 Å². The summed E-state index contributed by atoms with van der Waals surface area (Å²) < 4.78 is 10.00. The predicted octanol–water partition coefficient (Wildman–Crippen LogP) is 2.14. The van der Waals surface area contributed by atoms with Gasteiger partial charge < -0.3 is 14.8 Å². The van der Waals surface area contributed by atoms with Crippen LogP contribution in [-0.4, -0.2) is 30.5 Å². The van der Waals surface area contributed by atoms with Crippen LogP contribution in [0, 0.1) is 10.1 Å². The zero-order chi connectivity index (χ0) is 17.5. The van der Waals surface area contributed by atoms with Gasteiger partial charge >= 0.3 is 11.0 Å². The maximum Gasteiger partial charge on any atom is 0.349 e. The minimum atomic E-state index is -0.777. The maximum absolute atomic E-state index is 11.7. The minimum Gasteiger partial charge on any atom is -0.496 e. The molecule has 0 saturated carbocycles. The topological polar surface area (TPSA) is 108 Å². The fraction of sp³-hybridized carbons (Fsp3) is 0.200. The SMILES string of the molecule is COc1ccccc1CNC(=O)COC(=O)c1ccc([N+](=O)[O-])s1. The molecule has 0 spiro atoms. The highest BCUT2D eigenvalue weighted by molar-refractivity contribution is 7.17. The number of thiophene rings is 1. The molecule has 1 heterocycles. The molecule has 1 aromatic carbocycles. The molecule has 0 atom stereocenters. The molecule has 0 unspecified atom stereocenters. The smallest absolute Gasteiger partial charge is 0.349 e. The molecule has 1 amide bonds. The van der Waals surface area contributed by atoms with Crippen LogP contribution in [0.1, 0.15) is 15.2 Å². The maximum atomic E-state index is 11.7. The van der Waals surface area contributed by atoms with Crippen molar-refractivity contribution in [1.29, 1.82) is 0 Å². The predicted molar refractivity (Wildman–Crippen MR) is 86.1 cm³/mol. The molecule has 24 heavy (non-hydrogen) atoms. The second-order valence-electron chi connectivity index (χ2n) is 4.56. The third-order valence-electron chi connectivity index (χ3n) is 2.98. The highest BCUT2D eigenvalue weighted by Gasteiger charge is 2.17. The Morgan fingerprint density at radius 1 is 1.25 bits per heavy atom. The van der Waals surface area contributed by atoms with Crippen LogP contribution < -0.4 is 10.1 Å². The molecule has 0 aliphatic carbocycles. The summed E-state index contributed by atoms with van der Waals surface area (Å²) in [5.74, 6) is -0.624. The van der Waals surface area contributed by atoms with Crippen molar-refractivity contribution in [2.75, 3.05) is 13.7 Å². The summed E-state index contributed by atoms with van der Waals surface area (Å²) in [6, 6.07) is 9.70. The molecule has 0 bridgehead atoms. The lowest BCUT2D eigenvalue weighted by Crippen LogP contribution is -2.28. The van der Waals surface area contributed by atoms with Crippen LogP contribution in [0.5, 0.6) is 5.75 Å². The van der Waals surface area contributed by atoms with E-state index >= 15 is 0 Å². The normalized spacial score (nSPS) is 10.0. The molecular formula is C15H14N2O6S. The summed E-state index contributed by atoms with van der Waals surface area (Å²) in [7, 11) is 1.53. The van der Waals surface area contributed by atoms with Crippen molar-refractivity contribution in [1.82, 2.24) is 5.32 Å². The van der Waals surface area contributed by atoms with Gasteiger partial charge in [0, 0.05) is 18.2 Å². The fourth-order valence-corrected chi connectivity index (χ4v) is 2.55. The summed E-state index contributed by atoms with van der Waals surface area (Å²) in [4.78, 5) is 33.5. The van der Waals surface area contributed by atoms with Crippen molar-refractivity contribution in [2.24, 2.45) is 0 Å². The first kappa shape index (κ1) is 17.4. The summed E-state index contributed by atoms with van der Waals surface area (Å²) in [6.07, 6.45) is 0. The Morgan fingerprint density at radius 2 is 2.00 bits per heavy atom. The molecule has 126 valence electrons. The summed E-state index contributed by atoms with van der Waals surface area (Å²) in [6.45, 7) is -0.245. The Morgan fingerprint density at radius 3 is 2.67 bits per heavy atom. The molecule has 2 aromatic rings. The number of ether oxygens (including phenoxy) is 2. The van der Waals surface area contributed by atoms with Gasteiger partial charge in [-0.25, -0.2) is 4.79 Å². The van der Waals surface area contributed by atoms with Crippen LogP contribution in [-0.2, 0) is 16.1 Å². The van der Waals surface area contributed by atoms with Gasteiger partial charge in [-0.15, -0.1) is 0 Å². The van der Waals surface area contributed by atoms with E-state index in [0.29, 0.717) is 17.1 Å². The van der Waals surface area contributed by atoms with E-state index in [1.165, 1.54) is 19.2 Å². The van der Waals surface area contributed by atoms with E-state index < -0.39 is 23.4 Å². The van der Waals surface area contributed by atoms with E-state index in [0.717, 1.165) is 5.56 Å². The van der Waals surface area contributed by atoms with E-state index in [1.807, 2.05) is 12.1 Å². The highest BCUT2D eigenvalue weighted by atomic mass is 32.1. The van der Waals surface area contributed by atoms with Crippen LogP contribution in [0.15, 0.2) is 36.4 Å². The number of carbonyl (C=O) groups is 2. The molecular weight excluding hydrogens is 336 g/mol. The average Bonchev–Trinajstić information content (AvgIpc) is 3.08. The Bertz CT molecular complexity index is 758. The third kappa shape index (κ3) is 4.53. The third-order valence-corrected chi connectivity index (χ3v) is 3.99. The number of rotatable bonds is 7. The molecule has 1 N–H and O–H groups in total. The standard InChI is InChI=1S/C15H14N2O6S/c1-22-11-5-3-2-4-10(11)8-16-13(18)9-23-15(19)12-6-7-14(24-12)17(20)21/h2-7H,8-9H2,1H3,(H,16,18). The quantitative estimate of drug-likeness (QED) is 0.466. The van der Waals surface area contributed by atoms with Crippen LogP contribution >= 0.6 is 11.3 Å². The lowest BCUT2D eigenvalue weighted by Gasteiger charge is -2.09. The van der Waals surface area contributed by atoms with Crippen molar-refractivity contribution in [3.63, 3.8) is 0 Å². The summed E-state index contributed by atoms with van der Waals surface area (Å²) in [5, 5.41) is 13.0. The number of benzene rings is 1. The second-order valence-corrected chi connectivity index (χ2v) is 5.62. The number of hydrogen-bond donors (Lipinski definition) is 1. The van der Waals surface area contributed by atoms with Gasteiger partial charge in [0.15, 0.2) is 6.61 Å². The van der Waals surface area contributed by atoms with E-state index in [-0.39, 0.29) is 16.4 Å². The number of hydrogen-bond acceptors (Lipinski definition) is 7. The number of nitro groups is 1. The van der Waals surface area contributed by atoms with Crippen molar-refractivity contribution < 1.29 is 24.0 Å². The molecule has 0 fully saturated rings. The lowest BCUT2D eigenvalue weighted by molar-refractivity contribution is -0.380. The van der Waals surface area contributed by atoms with Crippen molar-refractivity contribution in [3.05, 3.63) is 57.0 Å². The Hall–Kier alpha value is -2.94. The molecule has 0 radical (unpaired) electrons. The van der Waals surface area contributed by atoms with Gasteiger partial charge in [0.05, 0.1) is 12.0 Å². The number of nitrogens with one attached hydrogen (secondary N) is 1. The van der Waals surface area contributed by atoms with Gasteiger partial charge in [0.2, 0.25) is 0 Å². The number of amides is 1. The molecule has 1 aromatic heterocycles. The second kappa shape index (κ2) is 8.06. The van der Waals surface area contributed by atoms with E-state index in [4.69, 9.17) is 9.47 Å². The lowest BCUT2D eigenvalue weighted by atomic mass is 10.2. The van der Waals surface area contributed by atoms with Crippen LogP contribution in [0.25, 0.3) is 0 Å². The molecule has 0 saturated heterocycles. The van der Waals surface area contributed by atoms with E-state index in [9.17, 15) is 19.7 Å². The van der Waals surface area contributed by atoms with Gasteiger partial charge in [0.1, 0.15) is 10.6 Å². The highest BCUT2D eigenvalue weighted by Crippen LogP contribution is 2.24. The molecule has 8 nitrogen and oxygen atoms in total. The Kier molecular flexibility index (Phi) is 5.85. The van der Waals surface area contributed by atoms with Gasteiger partial charge in [-0.1, -0.05) is 29.5 Å². The Labute approximate surface area is 141 Å². The van der Waals surface area contributed by atoms with Gasteiger partial charge in [-0.05, 0) is 12.1 Å². The Balaban J connectivity index is 1.82. The number of esters is 1. The largest absolute Gasteiger partial charge is 0.496 e. The number of methoxy groups -OCH3 is 1. The number of nitrogens with zero attached hydrogens (tertiary/aromatic N) is 1. The van der Waals surface area contributed by atoms with Crippen LogP contribution in [0.2, 0.25) is 0 Å². The van der Waals surface area contributed by atoms with E-state index in [1.54, 1.807) is 12.1 Å². The van der Waals surface area contributed by atoms with Gasteiger partial charge in [0.25, 0.3) is 5.91 Å². The molecule has 0 aliphatic heterocycles. The van der Waals surface area contributed by atoms with Gasteiger partial charge in [-0.3, -0.25) is 14.9 Å². The van der Waals surface area contributed by atoms with Crippen LogP contribution in [0.3, 0.4) is 0 Å². The zero-order valence-electron chi connectivity index (χ0n) is 12.7.